The zero-order chi connectivity index (χ0) is 15.3. The molecule has 0 aliphatic carbocycles. The van der Waals surface area contributed by atoms with Crippen molar-refractivity contribution >= 4 is 23.2 Å². The number of nitrogens with one attached hydrogen (secondary N) is 3. The lowest BCUT2D eigenvalue weighted by Gasteiger charge is -2.13. The van der Waals surface area contributed by atoms with Gasteiger partial charge in [-0.15, -0.1) is 0 Å². The fourth-order valence-electron chi connectivity index (χ4n) is 1.60. The average molecular weight is 281 g/mol. The lowest BCUT2D eigenvalue weighted by atomic mass is 10.1. The summed E-state index contributed by atoms with van der Waals surface area (Å²) in [5.41, 5.74) is 1.54. The van der Waals surface area contributed by atoms with Crippen LogP contribution >= 0.6 is 0 Å². The van der Waals surface area contributed by atoms with Gasteiger partial charge in [0, 0.05) is 7.05 Å². The number of anilines is 1. The average Bonchev–Trinajstić information content (AvgIpc) is 2.44. The number of nitrogen functional groups attached to an aromatic ring is 1. The van der Waals surface area contributed by atoms with E-state index in [2.05, 4.69) is 16.1 Å². The van der Waals surface area contributed by atoms with Gasteiger partial charge >= 0.3 is 5.69 Å². The molecule has 0 aliphatic rings. The molecule has 1 atom stereocenters. The Morgan fingerprint density at radius 1 is 1.40 bits per heavy atom. The van der Waals surface area contributed by atoms with E-state index in [4.69, 9.17) is 5.84 Å². The smallest absolute Gasteiger partial charge is 0.306 e. The molecule has 108 valence electrons. The van der Waals surface area contributed by atoms with Gasteiger partial charge in [0.2, 0.25) is 5.91 Å². The summed E-state index contributed by atoms with van der Waals surface area (Å²) < 4.78 is 0. The van der Waals surface area contributed by atoms with E-state index in [-0.39, 0.29) is 11.3 Å². The van der Waals surface area contributed by atoms with Crippen molar-refractivity contribution in [1.29, 1.82) is 0 Å². The van der Waals surface area contributed by atoms with Gasteiger partial charge < -0.3 is 16.1 Å². The molecule has 5 N–H and O–H groups in total. The number of rotatable bonds is 5. The number of carbonyl (C=O) groups excluding carboxylic acids is 2. The van der Waals surface area contributed by atoms with Crippen LogP contribution in [0.2, 0.25) is 0 Å². The highest BCUT2D eigenvalue weighted by atomic mass is 16.6. The van der Waals surface area contributed by atoms with Crippen LogP contribution in [0.15, 0.2) is 18.2 Å². The largest absolute Gasteiger partial charge is 0.357 e. The summed E-state index contributed by atoms with van der Waals surface area (Å²) in [6.07, 6.45) is 0. The topological polar surface area (TPSA) is 139 Å². The molecule has 2 amide bonds. The molecule has 0 radical (unpaired) electrons. The molecule has 1 aromatic rings. The van der Waals surface area contributed by atoms with Crippen molar-refractivity contribution in [2.45, 2.75) is 13.0 Å². The molecule has 0 saturated heterocycles. The molecule has 1 rings (SSSR count). The van der Waals surface area contributed by atoms with E-state index in [1.807, 2.05) is 0 Å². The van der Waals surface area contributed by atoms with E-state index < -0.39 is 28.5 Å². The fraction of sp³-hybridized carbons (Fsp3) is 0.273. The number of nitro groups is 1. The maximum absolute atomic E-state index is 12.0. The predicted octanol–water partition coefficient (Wildman–Crippen LogP) is -0.255. The van der Waals surface area contributed by atoms with Gasteiger partial charge in [-0.1, -0.05) is 6.07 Å². The van der Waals surface area contributed by atoms with Crippen molar-refractivity contribution in [2.75, 3.05) is 12.5 Å². The zero-order valence-corrected chi connectivity index (χ0v) is 11.0. The highest BCUT2D eigenvalue weighted by Crippen LogP contribution is 2.27. The normalized spacial score (nSPS) is 11.3. The van der Waals surface area contributed by atoms with Gasteiger partial charge in [0.05, 0.1) is 4.92 Å². The standard InChI is InChI=1S/C11H15N5O4/c1-6(10(17)13-2)14-11(18)7-4-3-5-8(15-12)9(7)16(19)20/h3-6,15H,12H2,1-2H3,(H,13,17)(H,14,18). The van der Waals surface area contributed by atoms with Crippen LogP contribution < -0.4 is 21.9 Å². The van der Waals surface area contributed by atoms with Gasteiger partial charge in [0.15, 0.2) is 0 Å². The van der Waals surface area contributed by atoms with E-state index in [1.165, 1.54) is 32.2 Å². The lowest BCUT2D eigenvalue weighted by Crippen LogP contribution is -2.43. The number of amides is 2. The molecule has 9 heteroatoms. The molecule has 0 aromatic heterocycles. The second kappa shape index (κ2) is 6.48. The number of likely N-dealkylation sites (N-methyl/N-ethyl adjacent to an activating group) is 1. The summed E-state index contributed by atoms with van der Waals surface area (Å²) >= 11 is 0. The first-order chi connectivity index (χ1) is 9.42. The van der Waals surface area contributed by atoms with E-state index in [0.717, 1.165) is 0 Å². The van der Waals surface area contributed by atoms with Crippen LogP contribution in [0.1, 0.15) is 17.3 Å². The third-order valence-electron chi connectivity index (χ3n) is 2.61. The number of benzene rings is 1. The van der Waals surface area contributed by atoms with Gasteiger partial charge in [0.25, 0.3) is 5.91 Å². The Labute approximate surface area is 114 Å². The lowest BCUT2D eigenvalue weighted by molar-refractivity contribution is -0.384. The number of nitro benzene ring substituents is 1. The predicted molar refractivity (Wildman–Crippen MR) is 71.9 cm³/mol. The van der Waals surface area contributed by atoms with Gasteiger partial charge in [-0.3, -0.25) is 25.5 Å². The first-order valence-electron chi connectivity index (χ1n) is 5.68. The molecule has 0 spiro atoms. The van der Waals surface area contributed by atoms with Crippen LogP contribution in [0, 0.1) is 10.1 Å². The van der Waals surface area contributed by atoms with E-state index in [9.17, 15) is 19.7 Å². The number of carbonyl (C=O) groups is 2. The molecule has 0 heterocycles. The van der Waals surface area contributed by atoms with Crippen molar-refractivity contribution in [3.8, 4) is 0 Å². The maximum atomic E-state index is 12.0. The van der Waals surface area contributed by atoms with Crippen LogP contribution in [0.3, 0.4) is 0 Å². The van der Waals surface area contributed by atoms with Crippen molar-refractivity contribution < 1.29 is 14.5 Å². The minimum atomic E-state index is -0.818. The third kappa shape index (κ3) is 3.20. The number of hydrogen-bond acceptors (Lipinski definition) is 6. The number of nitrogens with zero attached hydrogens (tertiary/aromatic N) is 1. The van der Waals surface area contributed by atoms with Crippen molar-refractivity contribution in [1.82, 2.24) is 10.6 Å². The number of hydrazine groups is 1. The molecule has 1 aromatic carbocycles. The summed E-state index contributed by atoms with van der Waals surface area (Å²) in [6, 6.07) is 3.28. The second-order valence-corrected chi connectivity index (χ2v) is 3.91. The summed E-state index contributed by atoms with van der Waals surface area (Å²) in [5, 5.41) is 15.8. The second-order valence-electron chi connectivity index (χ2n) is 3.91. The van der Waals surface area contributed by atoms with E-state index in [1.54, 1.807) is 0 Å². The molecule has 9 nitrogen and oxygen atoms in total. The monoisotopic (exact) mass is 281 g/mol. The summed E-state index contributed by atoms with van der Waals surface area (Å²) in [7, 11) is 1.42. The summed E-state index contributed by atoms with van der Waals surface area (Å²) in [6.45, 7) is 1.47. The van der Waals surface area contributed by atoms with Crippen molar-refractivity contribution in [2.24, 2.45) is 5.84 Å². The van der Waals surface area contributed by atoms with Gasteiger partial charge in [-0.05, 0) is 19.1 Å². The number of hydrogen-bond donors (Lipinski definition) is 4. The van der Waals surface area contributed by atoms with Crippen LogP contribution in [0.5, 0.6) is 0 Å². The van der Waals surface area contributed by atoms with Crippen LogP contribution in [0.4, 0.5) is 11.4 Å². The Balaban J connectivity index is 3.10. The maximum Gasteiger partial charge on any atom is 0.306 e. The Hall–Kier alpha value is -2.68. The van der Waals surface area contributed by atoms with Crippen LogP contribution in [-0.4, -0.2) is 29.8 Å². The van der Waals surface area contributed by atoms with E-state index in [0.29, 0.717) is 0 Å². The molecule has 20 heavy (non-hydrogen) atoms. The Morgan fingerprint density at radius 3 is 2.55 bits per heavy atom. The quantitative estimate of drug-likeness (QED) is 0.333. The van der Waals surface area contributed by atoms with Crippen molar-refractivity contribution in [3.05, 3.63) is 33.9 Å². The van der Waals surface area contributed by atoms with Crippen LogP contribution in [-0.2, 0) is 4.79 Å². The minimum Gasteiger partial charge on any atom is -0.357 e. The first kappa shape index (κ1) is 15.4. The summed E-state index contributed by atoms with van der Waals surface area (Å²) in [4.78, 5) is 33.7. The molecule has 0 saturated carbocycles. The Morgan fingerprint density at radius 2 is 2.05 bits per heavy atom. The number of nitrogens with two attached hydrogens (primary N) is 1. The molecule has 0 fully saturated rings. The fourth-order valence-corrected chi connectivity index (χ4v) is 1.60. The van der Waals surface area contributed by atoms with Gasteiger partial charge in [-0.25, -0.2) is 0 Å². The zero-order valence-electron chi connectivity index (χ0n) is 11.0. The number of para-hydroxylation sites is 1. The Bertz CT molecular complexity index is 546. The SMILES string of the molecule is CNC(=O)C(C)NC(=O)c1cccc(NN)c1[N+](=O)[O-]. The third-order valence-corrected chi connectivity index (χ3v) is 2.61. The minimum absolute atomic E-state index is 0.00949. The van der Waals surface area contributed by atoms with Crippen molar-refractivity contribution in [3.63, 3.8) is 0 Å². The first-order valence-corrected chi connectivity index (χ1v) is 5.68. The molecule has 1 unspecified atom stereocenters. The van der Waals surface area contributed by atoms with Crippen LogP contribution in [0.25, 0.3) is 0 Å². The molecule has 0 aliphatic heterocycles. The van der Waals surface area contributed by atoms with E-state index >= 15 is 0 Å². The highest BCUT2D eigenvalue weighted by molar-refractivity contribution is 6.02. The molecule has 0 bridgehead atoms. The highest BCUT2D eigenvalue weighted by Gasteiger charge is 2.26. The van der Waals surface area contributed by atoms with Gasteiger partial charge in [-0.2, -0.15) is 0 Å². The molecular weight excluding hydrogens is 266 g/mol. The molecular formula is C11H15N5O4. The van der Waals surface area contributed by atoms with Gasteiger partial charge in [0.1, 0.15) is 17.3 Å². The summed E-state index contributed by atoms with van der Waals surface area (Å²) in [5.74, 6) is 4.04. The Kier molecular flexibility index (Phi) is 4.98.